The molecule has 0 bridgehead atoms. The molecule has 1 aromatic rings. The van der Waals surface area contributed by atoms with E-state index in [2.05, 4.69) is 31.1 Å². The zero-order valence-electron chi connectivity index (χ0n) is 8.13. The van der Waals surface area contributed by atoms with Crippen LogP contribution < -0.4 is 0 Å². The van der Waals surface area contributed by atoms with Crippen LogP contribution in [0.25, 0.3) is 0 Å². The van der Waals surface area contributed by atoms with Gasteiger partial charge in [0.1, 0.15) is 0 Å². The van der Waals surface area contributed by atoms with Crippen molar-refractivity contribution in [3.05, 3.63) is 16.1 Å². The van der Waals surface area contributed by atoms with Crippen LogP contribution in [-0.2, 0) is 6.42 Å². The monoisotopic (exact) mass is 183 g/mol. The topological polar surface area (TPSA) is 12.9 Å². The summed E-state index contributed by atoms with van der Waals surface area (Å²) in [4.78, 5) is 4.59. The number of thiazole rings is 1. The lowest BCUT2D eigenvalue weighted by atomic mass is 10.1. The van der Waals surface area contributed by atoms with Crippen LogP contribution >= 0.6 is 11.3 Å². The fraction of sp³-hybridized carbons (Fsp3) is 0.700. The molecule has 0 aromatic carbocycles. The van der Waals surface area contributed by atoms with E-state index in [0.29, 0.717) is 5.92 Å². The molecule has 1 aromatic heterocycles. The average Bonchev–Trinajstić information content (AvgIpc) is 2.52. The first-order chi connectivity index (χ1) is 5.77. The summed E-state index contributed by atoms with van der Waals surface area (Å²) in [6.07, 6.45) is 3.53. The molecule has 0 aliphatic carbocycles. The maximum Gasteiger partial charge on any atom is 0.0928 e. The van der Waals surface area contributed by atoms with E-state index in [1.54, 1.807) is 11.3 Å². The summed E-state index contributed by atoms with van der Waals surface area (Å²) in [5.41, 5.74) is 1.28. The third-order valence-corrected chi connectivity index (χ3v) is 3.08. The van der Waals surface area contributed by atoms with E-state index in [0.717, 1.165) is 6.42 Å². The lowest BCUT2D eigenvalue weighted by molar-refractivity contribution is 0.708. The van der Waals surface area contributed by atoms with Crippen molar-refractivity contribution in [2.24, 2.45) is 0 Å². The first-order valence-electron chi connectivity index (χ1n) is 4.72. The second-order valence-electron chi connectivity index (χ2n) is 3.23. The highest BCUT2D eigenvalue weighted by Crippen LogP contribution is 2.21. The molecule has 0 radical (unpaired) electrons. The first-order valence-corrected chi connectivity index (χ1v) is 5.60. The smallest absolute Gasteiger partial charge is 0.0928 e. The van der Waals surface area contributed by atoms with Crippen molar-refractivity contribution >= 4 is 11.3 Å². The van der Waals surface area contributed by atoms with Gasteiger partial charge in [0.05, 0.1) is 10.7 Å². The molecule has 0 saturated carbocycles. The predicted molar refractivity (Wildman–Crippen MR) is 54.8 cm³/mol. The van der Waals surface area contributed by atoms with Crippen molar-refractivity contribution in [3.8, 4) is 0 Å². The van der Waals surface area contributed by atoms with E-state index >= 15 is 0 Å². The third kappa shape index (κ3) is 2.31. The number of aromatic nitrogens is 1. The second kappa shape index (κ2) is 4.61. The second-order valence-corrected chi connectivity index (χ2v) is 4.17. The van der Waals surface area contributed by atoms with Crippen LogP contribution in [-0.4, -0.2) is 4.98 Å². The minimum absolute atomic E-state index is 0.631. The van der Waals surface area contributed by atoms with Gasteiger partial charge in [-0.2, -0.15) is 0 Å². The predicted octanol–water partition coefficient (Wildman–Crippen LogP) is 3.61. The molecule has 1 atom stereocenters. The van der Waals surface area contributed by atoms with E-state index in [-0.39, 0.29) is 0 Å². The van der Waals surface area contributed by atoms with Crippen LogP contribution in [0, 0.1) is 0 Å². The number of nitrogens with zero attached hydrogens (tertiary/aromatic N) is 1. The molecular weight excluding hydrogens is 166 g/mol. The van der Waals surface area contributed by atoms with Crippen molar-refractivity contribution in [2.75, 3.05) is 0 Å². The van der Waals surface area contributed by atoms with Gasteiger partial charge in [-0.25, -0.2) is 4.98 Å². The number of hydrogen-bond acceptors (Lipinski definition) is 2. The Morgan fingerprint density at radius 3 is 2.83 bits per heavy atom. The summed E-state index contributed by atoms with van der Waals surface area (Å²) in [5.74, 6) is 0.631. The normalized spacial score (nSPS) is 13.2. The minimum atomic E-state index is 0.631. The number of rotatable bonds is 4. The fourth-order valence-electron chi connectivity index (χ4n) is 1.09. The Kier molecular flexibility index (Phi) is 3.73. The van der Waals surface area contributed by atoms with Crippen LogP contribution in [0.3, 0.4) is 0 Å². The van der Waals surface area contributed by atoms with E-state index in [4.69, 9.17) is 0 Å². The average molecular weight is 183 g/mol. The van der Waals surface area contributed by atoms with Crippen LogP contribution in [0.2, 0.25) is 0 Å². The summed E-state index contributed by atoms with van der Waals surface area (Å²) in [7, 11) is 0. The molecule has 0 fully saturated rings. The molecule has 0 spiro atoms. The van der Waals surface area contributed by atoms with Gasteiger partial charge in [0.25, 0.3) is 0 Å². The third-order valence-electron chi connectivity index (χ3n) is 2.15. The van der Waals surface area contributed by atoms with Crippen molar-refractivity contribution in [2.45, 2.75) is 46.0 Å². The molecule has 12 heavy (non-hydrogen) atoms. The van der Waals surface area contributed by atoms with Gasteiger partial charge in [0.15, 0.2) is 0 Å². The lowest BCUT2D eigenvalue weighted by Gasteiger charge is -2.02. The van der Waals surface area contributed by atoms with Crippen LogP contribution in [0.1, 0.15) is 50.2 Å². The van der Waals surface area contributed by atoms with Gasteiger partial charge in [0.2, 0.25) is 0 Å². The lowest BCUT2D eigenvalue weighted by Crippen LogP contribution is -1.92. The Morgan fingerprint density at radius 2 is 2.25 bits per heavy atom. The highest BCUT2D eigenvalue weighted by atomic mass is 32.1. The van der Waals surface area contributed by atoms with Crippen molar-refractivity contribution in [3.63, 3.8) is 0 Å². The van der Waals surface area contributed by atoms with E-state index in [1.807, 2.05) is 0 Å². The summed E-state index contributed by atoms with van der Waals surface area (Å²) in [5, 5.41) is 3.51. The Morgan fingerprint density at radius 1 is 1.50 bits per heavy atom. The zero-order valence-corrected chi connectivity index (χ0v) is 8.95. The Bertz CT molecular complexity index is 229. The molecule has 0 aliphatic rings. The molecule has 1 nitrogen and oxygen atoms in total. The maximum absolute atomic E-state index is 4.59. The molecule has 1 unspecified atom stereocenters. The van der Waals surface area contributed by atoms with Gasteiger partial charge in [-0.1, -0.05) is 20.8 Å². The van der Waals surface area contributed by atoms with Gasteiger partial charge < -0.3 is 0 Å². The molecule has 0 aliphatic heterocycles. The summed E-state index contributed by atoms with van der Waals surface area (Å²) in [6.45, 7) is 6.65. The molecule has 1 rings (SSSR count). The summed E-state index contributed by atoms with van der Waals surface area (Å²) < 4.78 is 0. The molecule has 1 heterocycles. The van der Waals surface area contributed by atoms with Crippen LogP contribution in [0.4, 0.5) is 0 Å². The minimum Gasteiger partial charge on any atom is -0.246 e. The maximum atomic E-state index is 4.59. The summed E-state index contributed by atoms with van der Waals surface area (Å²) in [6, 6.07) is 0. The van der Waals surface area contributed by atoms with E-state index < -0.39 is 0 Å². The molecule has 0 N–H and O–H groups in total. The highest BCUT2D eigenvalue weighted by Gasteiger charge is 2.06. The number of hydrogen-bond donors (Lipinski definition) is 0. The van der Waals surface area contributed by atoms with Gasteiger partial charge >= 0.3 is 0 Å². The van der Waals surface area contributed by atoms with Gasteiger partial charge in [-0.15, -0.1) is 11.3 Å². The molecule has 2 heteroatoms. The molecule has 0 saturated heterocycles. The van der Waals surface area contributed by atoms with Gasteiger partial charge in [-0.3, -0.25) is 0 Å². The highest BCUT2D eigenvalue weighted by molar-refractivity contribution is 7.09. The van der Waals surface area contributed by atoms with Crippen LogP contribution in [0.15, 0.2) is 5.38 Å². The quantitative estimate of drug-likeness (QED) is 0.695. The number of aryl methyl sites for hydroxylation is 1. The van der Waals surface area contributed by atoms with Gasteiger partial charge in [-0.05, 0) is 25.2 Å². The Balaban J connectivity index is 2.63. The van der Waals surface area contributed by atoms with E-state index in [1.165, 1.54) is 23.5 Å². The van der Waals surface area contributed by atoms with Crippen molar-refractivity contribution in [1.29, 1.82) is 0 Å². The summed E-state index contributed by atoms with van der Waals surface area (Å²) >= 11 is 1.81. The Labute approximate surface area is 78.8 Å². The first kappa shape index (κ1) is 9.72. The fourth-order valence-corrected chi connectivity index (χ4v) is 2.11. The van der Waals surface area contributed by atoms with E-state index in [9.17, 15) is 0 Å². The van der Waals surface area contributed by atoms with Crippen molar-refractivity contribution < 1.29 is 0 Å². The molecule has 0 amide bonds. The standard InChI is InChI=1S/C10H17NS/c1-4-6-10-11-9(7-12-10)8(3)5-2/h7-8H,4-6H2,1-3H3. The zero-order chi connectivity index (χ0) is 8.97. The molecule has 68 valence electrons. The van der Waals surface area contributed by atoms with Crippen LogP contribution in [0.5, 0.6) is 0 Å². The molecular formula is C10H17NS. The Hall–Kier alpha value is -0.370. The van der Waals surface area contributed by atoms with Crippen molar-refractivity contribution in [1.82, 2.24) is 4.98 Å². The largest absolute Gasteiger partial charge is 0.246 e. The van der Waals surface area contributed by atoms with Gasteiger partial charge in [0, 0.05) is 5.38 Å². The SMILES string of the molecule is CCCc1nc(C(C)CC)cs1.